The number of aliphatic hydroxyl groups is 1. The molecular weight excluding hydrogens is 254 g/mol. The van der Waals surface area contributed by atoms with Gasteiger partial charge in [-0.25, -0.2) is 0 Å². The van der Waals surface area contributed by atoms with Crippen LogP contribution in [0.25, 0.3) is 0 Å². The number of hydrogen-bond donors (Lipinski definition) is 1. The summed E-state index contributed by atoms with van der Waals surface area (Å²) in [4.78, 5) is 14.1. The summed E-state index contributed by atoms with van der Waals surface area (Å²) in [7, 11) is 0. The Bertz CT molecular complexity index is 320. The minimum absolute atomic E-state index is 0.00580. The Morgan fingerprint density at radius 2 is 1.90 bits per heavy atom. The summed E-state index contributed by atoms with van der Waals surface area (Å²) in [6.45, 7) is 7.34. The highest BCUT2D eigenvalue weighted by Crippen LogP contribution is 2.35. The molecule has 0 amide bonds. The van der Waals surface area contributed by atoms with Gasteiger partial charge in [-0.1, -0.05) is 6.92 Å². The van der Waals surface area contributed by atoms with E-state index in [1.165, 1.54) is 12.8 Å². The number of ether oxygens (including phenoxy) is 1. The van der Waals surface area contributed by atoms with Crippen molar-refractivity contribution in [1.82, 2.24) is 4.90 Å². The van der Waals surface area contributed by atoms with E-state index >= 15 is 0 Å². The van der Waals surface area contributed by atoms with Gasteiger partial charge in [-0.15, -0.1) is 0 Å². The lowest BCUT2D eigenvalue weighted by molar-refractivity contribution is -0.151. The van der Waals surface area contributed by atoms with Crippen molar-refractivity contribution in [3.05, 3.63) is 0 Å². The van der Waals surface area contributed by atoms with Gasteiger partial charge in [0.25, 0.3) is 0 Å². The zero-order chi connectivity index (χ0) is 14.6. The molecule has 0 spiro atoms. The first-order chi connectivity index (χ1) is 9.56. The van der Waals surface area contributed by atoms with E-state index in [0.29, 0.717) is 6.61 Å². The third-order valence-corrected chi connectivity index (χ3v) is 4.71. The van der Waals surface area contributed by atoms with E-state index in [4.69, 9.17) is 4.74 Å². The monoisotopic (exact) mass is 283 g/mol. The molecule has 0 aliphatic heterocycles. The van der Waals surface area contributed by atoms with Crippen molar-refractivity contribution in [2.45, 2.75) is 58.0 Å². The molecule has 2 rings (SSSR count). The van der Waals surface area contributed by atoms with Crippen LogP contribution >= 0.6 is 0 Å². The van der Waals surface area contributed by atoms with Crippen molar-refractivity contribution >= 4 is 5.97 Å². The molecule has 116 valence electrons. The average molecular weight is 283 g/mol. The predicted molar refractivity (Wildman–Crippen MR) is 78.4 cm³/mol. The van der Waals surface area contributed by atoms with Crippen LogP contribution in [0, 0.1) is 11.8 Å². The normalized spacial score (nSPS) is 30.5. The largest absolute Gasteiger partial charge is 0.466 e. The van der Waals surface area contributed by atoms with Crippen LogP contribution in [0.3, 0.4) is 0 Å². The number of carbonyl (C=O) groups excluding carboxylic acids is 1. The van der Waals surface area contributed by atoms with Crippen molar-refractivity contribution in [1.29, 1.82) is 0 Å². The Hall–Kier alpha value is -0.610. The fourth-order valence-corrected chi connectivity index (χ4v) is 3.20. The van der Waals surface area contributed by atoms with Gasteiger partial charge in [-0.05, 0) is 57.9 Å². The van der Waals surface area contributed by atoms with Crippen molar-refractivity contribution in [2.24, 2.45) is 11.8 Å². The lowest BCUT2D eigenvalue weighted by atomic mass is 9.78. The van der Waals surface area contributed by atoms with Crippen LogP contribution in [-0.4, -0.2) is 47.8 Å². The Labute approximate surface area is 122 Å². The maximum absolute atomic E-state index is 11.7. The van der Waals surface area contributed by atoms with Crippen molar-refractivity contribution in [3.8, 4) is 0 Å². The SMILES string of the molecule is CCOC(=O)C1CCC(O)(CN(CC)CC2CC2)CC1. The highest BCUT2D eigenvalue weighted by atomic mass is 16.5. The van der Waals surface area contributed by atoms with Gasteiger partial charge in [0.05, 0.1) is 18.1 Å². The fraction of sp³-hybridized carbons (Fsp3) is 0.938. The predicted octanol–water partition coefficient (Wildman–Crippen LogP) is 2.20. The summed E-state index contributed by atoms with van der Waals surface area (Å²) < 4.78 is 5.08. The molecule has 2 saturated carbocycles. The fourth-order valence-electron chi connectivity index (χ4n) is 3.20. The molecule has 0 saturated heterocycles. The summed E-state index contributed by atoms with van der Waals surface area (Å²) in [5.74, 6) is 0.767. The van der Waals surface area contributed by atoms with E-state index < -0.39 is 5.60 Å². The van der Waals surface area contributed by atoms with Gasteiger partial charge >= 0.3 is 5.97 Å². The smallest absolute Gasteiger partial charge is 0.308 e. The molecule has 0 unspecified atom stereocenters. The van der Waals surface area contributed by atoms with E-state index in [0.717, 1.165) is 51.2 Å². The van der Waals surface area contributed by atoms with E-state index in [1.807, 2.05) is 6.92 Å². The molecule has 20 heavy (non-hydrogen) atoms. The molecule has 0 heterocycles. The lowest BCUT2D eigenvalue weighted by Gasteiger charge is -2.38. The first-order valence-corrected chi connectivity index (χ1v) is 8.17. The second-order valence-electron chi connectivity index (χ2n) is 6.52. The third-order valence-electron chi connectivity index (χ3n) is 4.71. The van der Waals surface area contributed by atoms with Crippen LogP contribution in [0.2, 0.25) is 0 Å². The van der Waals surface area contributed by atoms with E-state index in [1.54, 1.807) is 0 Å². The molecule has 4 nitrogen and oxygen atoms in total. The first kappa shape index (κ1) is 15.8. The summed E-state index contributed by atoms with van der Waals surface area (Å²) in [6.07, 6.45) is 5.65. The van der Waals surface area contributed by atoms with Gasteiger partial charge in [-0.3, -0.25) is 4.79 Å². The molecule has 0 atom stereocenters. The third kappa shape index (κ3) is 4.45. The molecule has 2 aliphatic rings. The maximum Gasteiger partial charge on any atom is 0.308 e. The number of carbonyl (C=O) groups is 1. The standard InChI is InChI=1S/C16H29NO3/c1-3-17(11-13-5-6-13)12-16(19)9-7-14(8-10-16)15(18)20-4-2/h13-14,19H,3-12H2,1-2H3. The van der Waals surface area contributed by atoms with Gasteiger partial charge in [0.15, 0.2) is 0 Å². The molecule has 0 bridgehead atoms. The zero-order valence-corrected chi connectivity index (χ0v) is 12.9. The molecule has 0 aromatic carbocycles. The number of nitrogens with zero attached hydrogens (tertiary/aromatic N) is 1. The van der Waals surface area contributed by atoms with Gasteiger partial charge < -0.3 is 14.7 Å². The van der Waals surface area contributed by atoms with Gasteiger partial charge in [0, 0.05) is 13.1 Å². The van der Waals surface area contributed by atoms with E-state index in [9.17, 15) is 9.90 Å². The van der Waals surface area contributed by atoms with Crippen LogP contribution in [0.15, 0.2) is 0 Å². The molecule has 0 aromatic rings. The Morgan fingerprint density at radius 3 is 2.40 bits per heavy atom. The van der Waals surface area contributed by atoms with Crippen molar-refractivity contribution in [2.75, 3.05) is 26.2 Å². The maximum atomic E-state index is 11.7. The van der Waals surface area contributed by atoms with Crippen LogP contribution in [-0.2, 0) is 9.53 Å². The minimum atomic E-state index is -0.603. The molecule has 1 N–H and O–H groups in total. The molecular formula is C16H29NO3. The molecule has 4 heteroatoms. The quantitative estimate of drug-likeness (QED) is 0.728. The van der Waals surface area contributed by atoms with Crippen LogP contribution in [0.4, 0.5) is 0 Å². The van der Waals surface area contributed by atoms with Gasteiger partial charge in [0.2, 0.25) is 0 Å². The van der Waals surface area contributed by atoms with Crippen LogP contribution in [0.1, 0.15) is 52.4 Å². The van der Waals surface area contributed by atoms with Crippen LogP contribution < -0.4 is 0 Å². The number of esters is 1. The molecule has 2 aliphatic carbocycles. The summed E-state index contributed by atoms with van der Waals surface area (Å²) in [6, 6.07) is 0. The zero-order valence-electron chi connectivity index (χ0n) is 12.9. The Balaban J connectivity index is 1.78. The lowest BCUT2D eigenvalue weighted by Crippen LogP contribution is -2.46. The Morgan fingerprint density at radius 1 is 1.25 bits per heavy atom. The van der Waals surface area contributed by atoms with Crippen molar-refractivity contribution < 1.29 is 14.6 Å². The number of likely N-dealkylation sites (N-methyl/N-ethyl adjacent to an activating group) is 1. The van der Waals surface area contributed by atoms with Crippen LogP contribution in [0.5, 0.6) is 0 Å². The second kappa shape index (κ2) is 6.90. The second-order valence-corrected chi connectivity index (χ2v) is 6.52. The summed E-state index contributed by atoms with van der Waals surface area (Å²) >= 11 is 0. The summed E-state index contributed by atoms with van der Waals surface area (Å²) in [5.41, 5.74) is -0.603. The van der Waals surface area contributed by atoms with E-state index in [-0.39, 0.29) is 11.9 Å². The minimum Gasteiger partial charge on any atom is -0.466 e. The van der Waals surface area contributed by atoms with Gasteiger partial charge in [0.1, 0.15) is 0 Å². The molecule has 0 aromatic heterocycles. The van der Waals surface area contributed by atoms with E-state index in [2.05, 4.69) is 11.8 Å². The topological polar surface area (TPSA) is 49.8 Å². The highest BCUT2D eigenvalue weighted by molar-refractivity contribution is 5.72. The number of rotatable bonds is 7. The Kier molecular flexibility index (Phi) is 5.44. The van der Waals surface area contributed by atoms with Gasteiger partial charge in [-0.2, -0.15) is 0 Å². The molecule has 0 radical (unpaired) electrons. The average Bonchev–Trinajstić information content (AvgIpc) is 3.23. The van der Waals surface area contributed by atoms with Crippen molar-refractivity contribution in [3.63, 3.8) is 0 Å². The highest BCUT2D eigenvalue weighted by Gasteiger charge is 2.38. The first-order valence-electron chi connectivity index (χ1n) is 8.17. The molecule has 2 fully saturated rings. The number of hydrogen-bond acceptors (Lipinski definition) is 4. The summed E-state index contributed by atoms with van der Waals surface area (Å²) in [5, 5.41) is 10.7.